The van der Waals surface area contributed by atoms with Gasteiger partial charge >= 0.3 is 5.97 Å². The van der Waals surface area contributed by atoms with Crippen molar-refractivity contribution in [3.63, 3.8) is 0 Å². The van der Waals surface area contributed by atoms with Crippen LogP contribution in [-0.4, -0.2) is 11.9 Å². The van der Waals surface area contributed by atoms with Crippen LogP contribution in [0.1, 0.15) is 29.2 Å². The molecule has 1 N–H and O–H groups in total. The maximum atomic E-state index is 12.3. The maximum absolute atomic E-state index is 12.3. The van der Waals surface area contributed by atoms with Crippen molar-refractivity contribution in [1.82, 2.24) is 5.32 Å². The third-order valence-corrected chi connectivity index (χ3v) is 3.50. The number of benzene rings is 2. The van der Waals surface area contributed by atoms with Crippen LogP contribution in [0.2, 0.25) is 0 Å². The molecular formula is C20H21NO3. The van der Waals surface area contributed by atoms with E-state index in [1.807, 2.05) is 62.4 Å². The van der Waals surface area contributed by atoms with Crippen LogP contribution in [0.4, 0.5) is 0 Å². The van der Waals surface area contributed by atoms with Crippen LogP contribution in [0.5, 0.6) is 0 Å². The molecule has 124 valence electrons. The molecule has 0 atom stereocenters. The Kier molecular flexibility index (Phi) is 5.90. The molecule has 0 heterocycles. The minimum atomic E-state index is -0.560. The summed E-state index contributed by atoms with van der Waals surface area (Å²) in [5, 5.41) is 2.54. The number of ether oxygens (including phenoxy) is 1. The van der Waals surface area contributed by atoms with Gasteiger partial charge in [-0.15, -0.1) is 0 Å². The van der Waals surface area contributed by atoms with E-state index in [1.54, 1.807) is 6.08 Å². The molecule has 0 radical (unpaired) electrons. The minimum Gasteiger partial charge on any atom is -0.456 e. The first-order valence-corrected chi connectivity index (χ1v) is 7.73. The van der Waals surface area contributed by atoms with E-state index in [9.17, 15) is 9.59 Å². The summed E-state index contributed by atoms with van der Waals surface area (Å²) in [6.45, 7) is 5.48. The maximum Gasteiger partial charge on any atom is 0.355 e. The highest BCUT2D eigenvalue weighted by Crippen LogP contribution is 2.13. The number of amides is 1. The Balaban J connectivity index is 2.14. The van der Waals surface area contributed by atoms with Crippen LogP contribution in [0, 0.1) is 13.8 Å². The number of esters is 1. The predicted octanol–water partition coefficient (Wildman–Crippen LogP) is 3.52. The largest absolute Gasteiger partial charge is 0.456 e. The highest BCUT2D eigenvalue weighted by atomic mass is 16.5. The Bertz CT molecular complexity index is 764. The number of nitrogens with one attached hydrogen (secondary N) is 1. The van der Waals surface area contributed by atoms with Gasteiger partial charge in [0.2, 0.25) is 5.91 Å². The summed E-state index contributed by atoms with van der Waals surface area (Å²) in [5.41, 5.74) is 4.05. The molecule has 2 aromatic rings. The van der Waals surface area contributed by atoms with Gasteiger partial charge in [-0.25, -0.2) is 4.79 Å². The van der Waals surface area contributed by atoms with Gasteiger partial charge in [-0.05, 0) is 36.6 Å². The van der Waals surface area contributed by atoms with E-state index in [0.29, 0.717) is 0 Å². The molecule has 2 rings (SSSR count). The van der Waals surface area contributed by atoms with Gasteiger partial charge in [0.05, 0.1) is 0 Å². The van der Waals surface area contributed by atoms with Crippen LogP contribution in [0.25, 0.3) is 6.08 Å². The van der Waals surface area contributed by atoms with Crippen LogP contribution in [0.3, 0.4) is 0 Å². The van der Waals surface area contributed by atoms with E-state index in [2.05, 4.69) is 5.32 Å². The fourth-order valence-corrected chi connectivity index (χ4v) is 2.23. The monoisotopic (exact) mass is 323 g/mol. The summed E-state index contributed by atoms with van der Waals surface area (Å²) in [5.74, 6) is -0.879. The summed E-state index contributed by atoms with van der Waals surface area (Å²) >= 11 is 0. The number of carbonyl (C=O) groups excluding carboxylic acids is 2. The first kappa shape index (κ1) is 17.5. The molecule has 0 aromatic heterocycles. The third kappa shape index (κ3) is 5.09. The van der Waals surface area contributed by atoms with Crippen LogP contribution >= 0.6 is 0 Å². The van der Waals surface area contributed by atoms with Gasteiger partial charge in [-0.3, -0.25) is 4.79 Å². The average molecular weight is 323 g/mol. The zero-order valence-electron chi connectivity index (χ0n) is 14.1. The second kappa shape index (κ2) is 8.11. The molecule has 4 heteroatoms. The highest BCUT2D eigenvalue weighted by Gasteiger charge is 2.13. The molecule has 0 fully saturated rings. The van der Waals surface area contributed by atoms with Gasteiger partial charge in [-0.2, -0.15) is 0 Å². The predicted molar refractivity (Wildman–Crippen MR) is 93.9 cm³/mol. The Morgan fingerprint density at radius 1 is 1.08 bits per heavy atom. The van der Waals surface area contributed by atoms with Crippen LogP contribution < -0.4 is 5.32 Å². The Labute approximate surface area is 142 Å². The zero-order chi connectivity index (χ0) is 17.5. The Morgan fingerprint density at radius 2 is 1.79 bits per heavy atom. The number of hydrogen-bond acceptors (Lipinski definition) is 3. The quantitative estimate of drug-likeness (QED) is 0.676. The van der Waals surface area contributed by atoms with Crippen molar-refractivity contribution in [3.05, 3.63) is 76.5 Å². The smallest absolute Gasteiger partial charge is 0.355 e. The van der Waals surface area contributed by atoms with Crippen molar-refractivity contribution >= 4 is 18.0 Å². The molecule has 24 heavy (non-hydrogen) atoms. The Morgan fingerprint density at radius 3 is 2.46 bits per heavy atom. The molecule has 0 bridgehead atoms. The van der Waals surface area contributed by atoms with E-state index in [-0.39, 0.29) is 18.2 Å². The van der Waals surface area contributed by atoms with Crippen molar-refractivity contribution < 1.29 is 14.3 Å². The van der Waals surface area contributed by atoms with Gasteiger partial charge in [0, 0.05) is 6.92 Å². The summed E-state index contributed by atoms with van der Waals surface area (Å²) in [6, 6.07) is 15.3. The van der Waals surface area contributed by atoms with Crippen molar-refractivity contribution in [2.45, 2.75) is 27.4 Å². The summed E-state index contributed by atoms with van der Waals surface area (Å²) in [4.78, 5) is 23.7. The SMILES string of the molecule is CC(=O)N/C(=C/c1ccccc1)C(=O)OCc1cc(C)ccc1C. The molecule has 0 unspecified atom stereocenters. The third-order valence-electron chi connectivity index (χ3n) is 3.50. The number of carbonyl (C=O) groups is 2. The van der Waals surface area contributed by atoms with Crippen molar-refractivity contribution in [1.29, 1.82) is 0 Å². The van der Waals surface area contributed by atoms with Gasteiger partial charge in [0.1, 0.15) is 12.3 Å². The highest BCUT2D eigenvalue weighted by molar-refractivity contribution is 5.97. The second-order valence-corrected chi connectivity index (χ2v) is 5.66. The standard InChI is InChI=1S/C20H21NO3/c1-14-9-10-15(2)18(11-14)13-24-20(23)19(21-16(3)22)12-17-7-5-4-6-8-17/h4-12H,13H2,1-3H3,(H,21,22)/b19-12+. The molecule has 0 spiro atoms. The fourth-order valence-electron chi connectivity index (χ4n) is 2.23. The fraction of sp³-hybridized carbons (Fsp3) is 0.200. The number of rotatable bonds is 5. The topological polar surface area (TPSA) is 55.4 Å². The first-order chi connectivity index (χ1) is 11.5. The lowest BCUT2D eigenvalue weighted by atomic mass is 10.1. The second-order valence-electron chi connectivity index (χ2n) is 5.66. The Hall–Kier alpha value is -2.88. The van der Waals surface area contributed by atoms with Gasteiger partial charge in [0.15, 0.2) is 0 Å². The number of aryl methyl sites for hydroxylation is 2. The minimum absolute atomic E-state index is 0.124. The van der Waals surface area contributed by atoms with Gasteiger partial charge < -0.3 is 10.1 Å². The van der Waals surface area contributed by atoms with E-state index in [1.165, 1.54) is 6.92 Å². The van der Waals surface area contributed by atoms with Crippen molar-refractivity contribution in [3.8, 4) is 0 Å². The lowest BCUT2D eigenvalue weighted by molar-refractivity contribution is -0.141. The van der Waals surface area contributed by atoms with E-state index in [4.69, 9.17) is 4.74 Å². The van der Waals surface area contributed by atoms with Crippen molar-refractivity contribution in [2.75, 3.05) is 0 Å². The molecule has 4 nitrogen and oxygen atoms in total. The lowest BCUT2D eigenvalue weighted by Crippen LogP contribution is -2.26. The van der Waals surface area contributed by atoms with Crippen molar-refractivity contribution in [2.24, 2.45) is 0 Å². The van der Waals surface area contributed by atoms with Crippen LogP contribution in [0.15, 0.2) is 54.2 Å². The molecule has 0 aliphatic carbocycles. The molecule has 0 aliphatic rings. The van der Waals surface area contributed by atoms with Crippen LogP contribution in [-0.2, 0) is 20.9 Å². The van der Waals surface area contributed by atoms with Gasteiger partial charge in [-0.1, -0.05) is 54.1 Å². The summed E-state index contributed by atoms with van der Waals surface area (Å²) < 4.78 is 5.38. The molecule has 0 saturated carbocycles. The zero-order valence-corrected chi connectivity index (χ0v) is 14.1. The van der Waals surface area contributed by atoms with Gasteiger partial charge in [0.25, 0.3) is 0 Å². The first-order valence-electron chi connectivity index (χ1n) is 7.73. The summed E-state index contributed by atoms with van der Waals surface area (Å²) in [7, 11) is 0. The lowest BCUT2D eigenvalue weighted by Gasteiger charge is -2.11. The van der Waals surface area contributed by atoms with E-state index < -0.39 is 5.97 Å². The molecule has 2 aromatic carbocycles. The number of hydrogen-bond donors (Lipinski definition) is 1. The molecule has 0 aliphatic heterocycles. The molecule has 0 saturated heterocycles. The van der Waals surface area contributed by atoms with E-state index in [0.717, 1.165) is 22.3 Å². The normalized spacial score (nSPS) is 11.0. The summed E-state index contributed by atoms with van der Waals surface area (Å²) in [6.07, 6.45) is 1.60. The molecular weight excluding hydrogens is 302 g/mol. The molecule has 1 amide bonds. The average Bonchev–Trinajstić information content (AvgIpc) is 2.55. The van der Waals surface area contributed by atoms with E-state index >= 15 is 0 Å².